The molecule has 2 heteroatoms. The van der Waals surface area contributed by atoms with Gasteiger partial charge in [-0.25, -0.2) is 0 Å². The van der Waals surface area contributed by atoms with Crippen LogP contribution in [0.25, 0.3) is 0 Å². The van der Waals surface area contributed by atoms with Crippen LogP contribution in [0.2, 0.25) is 0 Å². The average Bonchev–Trinajstić information content (AvgIpc) is 2.97. The normalized spacial score (nSPS) is 39.3. The van der Waals surface area contributed by atoms with E-state index in [1.807, 2.05) is 0 Å². The Hall–Kier alpha value is -0.340. The van der Waals surface area contributed by atoms with Gasteiger partial charge in [0, 0.05) is 18.5 Å². The molecule has 0 aromatic rings. The Morgan fingerprint density at radius 3 is 2.65 bits per heavy atom. The first-order valence-corrected chi connectivity index (χ1v) is 11.3. The molecule has 6 atom stereocenters. The molecule has 0 N–H and O–H groups in total. The highest BCUT2D eigenvalue weighted by Crippen LogP contribution is 2.63. The van der Waals surface area contributed by atoms with E-state index in [0.29, 0.717) is 5.41 Å². The van der Waals surface area contributed by atoms with Gasteiger partial charge < -0.3 is 9.64 Å². The van der Waals surface area contributed by atoms with Crippen LogP contribution in [0.3, 0.4) is 0 Å². The van der Waals surface area contributed by atoms with Crippen LogP contribution in [0, 0.1) is 29.1 Å². The van der Waals surface area contributed by atoms with Crippen molar-refractivity contribution in [3.63, 3.8) is 0 Å². The lowest BCUT2D eigenvalue weighted by Gasteiger charge is -2.45. The smallest absolute Gasteiger partial charge is 0.0688 e. The zero-order valence-corrected chi connectivity index (χ0v) is 18.3. The molecule has 0 spiro atoms. The lowest BCUT2D eigenvalue weighted by Crippen LogP contribution is -2.45. The molecule has 0 bridgehead atoms. The average molecular weight is 362 g/mol. The van der Waals surface area contributed by atoms with E-state index in [-0.39, 0.29) is 5.60 Å². The van der Waals surface area contributed by atoms with Crippen molar-refractivity contribution in [1.29, 1.82) is 0 Å². The summed E-state index contributed by atoms with van der Waals surface area (Å²) in [5, 5.41) is 0. The van der Waals surface area contributed by atoms with E-state index in [1.54, 1.807) is 0 Å². The number of ether oxygens (including phenoxy) is 1. The van der Waals surface area contributed by atoms with Gasteiger partial charge in [0.25, 0.3) is 0 Å². The largest absolute Gasteiger partial charge is 0.374 e. The molecule has 2 saturated carbocycles. The molecular weight excluding hydrogens is 318 g/mol. The Kier molecular flexibility index (Phi) is 6.24. The highest BCUT2D eigenvalue weighted by atomic mass is 16.5. The topological polar surface area (TPSA) is 12.5 Å². The summed E-state index contributed by atoms with van der Waals surface area (Å²) in [5.74, 6) is 3.34. The van der Waals surface area contributed by atoms with Gasteiger partial charge in [0.15, 0.2) is 0 Å². The molecule has 3 aliphatic rings. The fourth-order valence-corrected chi connectivity index (χ4v) is 6.40. The van der Waals surface area contributed by atoms with Crippen LogP contribution in [0.1, 0.15) is 79.6 Å². The van der Waals surface area contributed by atoms with Crippen molar-refractivity contribution in [3.05, 3.63) is 11.6 Å². The van der Waals surface area contributed by atoms with Gasteiger partial charge in [-0.05, 0) is 70.8 Å². The first kappa shape index (κ1) is 20.4. The summed E-state index contributed by atoms with van der Waals surface area (Å²) in [5.41, 5.74) is 1.95. The zero-order chi connectivity index (χ0) is 18.9. The number of likely N-dealkylation sites (tertiary alicyclic amines) is 1. The van der Waals surface area contributed by atoms with Gasteiger partial charge in [-0.15, -0.1) is 0 Å². The Bertz CT molecular complexity index is 510. The van der Waals surface area contributed by atoms with Crippen LogP contribution in [-0.4, -0.2) is 37.2 Å². The highest BCUT2D eigenvalue weighted by molar-refractivity contribution is 5.15. The van der Waals surface area contributed by atoms with Crippen molar-refractivity contribution in [2.75, 3.05) is 26.7 Å². The second-order valence-electron chi connectivity index (χ2n) is 10.3. The van der Waals surface area contributed by atoms with Crippen molar-refractivity contribution in [1.82, 2.24) is 4.90 Å². The molecule has 26 heavy (non-hydrogen) atoms. The number of fused-ring (bicyclic) bond motifs is 1. The van der Waals surface area contributed by atoms with Gasteiger partial charge >= 0.3 is 0 Å². The molecule has 2 nitrogen and oxygen atoms in total. The van der Waals surface area contributed by atoms with E-state index in [1.165, 1.54) is 57.2 Å². The van der Waals surface area contributed by atoms with Crippen LogP contribution in [0.5, 0.6) is 0 Å². The van der Waals surface area contributed by atoms with E-state index < -0.39 is 0 Å². The molecule has 3 rings (SSSR count). The summed E-state index contributed by atoms with van der Waals surface area (Å²) in [4.78, 5) is 2.52. The van der Waals surface area contributed by atoms with Crippen molar-refractivity contribution in [2.24, 2.45) is 29.1 Å². The number of hydrogen-bond donors (Lipinski definition) is 0. The molecule has 0 aromatic heterocycles. The SMILES string of the molecule is CCC1CCCCC1C(C)(CCC=C(C)C)OCC12CN(C)CC1C2C. The molecule has 1 saturated heterocycles. The van der Waals surface area contributed by atoms with E-state index in [9.17, 15) is 0 Å². The molecule has 3 fully saturated rings. The van der Waals surface area contributed by atoms with Crippen molar-refractivity contribution < 1.29 is 4.74 Å². The molecule has 0 amide bonds. The second-order valence-corrected chi connectivity index (χ2v) is 10.3. The summed E-state index contributed by atoms with van der Waals surface area (Å²) < 4.78 is 6.97. The van der Waals surface area contributed by atoms with Gasteiger partial charge in [-0.1, -0.05) is 51.2 Å². The fourth-order valence-electron chi connectivity index (χ4n) is 6.40. The predicted octanol–water partition coefficient (Wildman–Crippen LogP) is 5.92. The van der Waals surface area contributed by atoms with Crippen LogP contribution in [0.4, 0.5) is 0 Å². The lowest BCUT2D eigenvalue weighted by molar-refractivity contribution is -0.121. The maximum atomic E-state index is 6.97. The summed E-state index contributed by atoms with van der Waals surface area (Å²) in [6, 6.07) is 0. The zero-order valence-electron chi connectivity index (χ0n) is 18.3. The van der Waals surface area contributed by atoms with Gasteiger partial charge in [-0.2, -0.15) is 0 Å². The third-order valence-electron chi connectivity index (χ3n) is 8.29. The highest BCUT2D eigenvalue weighted by Gasteiger charge is 2.66. The Morgan fingerprint density at radius 2 is 2.00 bits per heavy atom. The van der Waals surface area contributed by atoms with Crippen molar-refractivity contribution in [2.45, 2.75) is 85.2 Å². The molecule has 6 unspecified atom stereocenters. The van der Waals surface area contributed by atoms with Crippen LogP contribution < -0.4 is 0 Å². The van der Waals surface area contributed by atoms with E-state index in [2.05, 4.69) is 52.6 Å². The van der Waals surface area contributed by atoms with Gasteiger partial charge in [0.1, 0.15) is 0 Å². The lowest BCUT2D eigenvalue weighted by atomic mass is 9.68. The summed E-state index contributed by atoms with van der Waals surface area (Å²) in [7, 11) is 2.28. The predicted molar refractivity (Wildman–Crippen MR) is 111 cm³/mol. The number of nitrogens with zero attached hydrogens (tertiary/aromatic N) is 1. The third-order valence-corrected chi connectivity index (χ3v) is 8.29. The number of rotatable bonds is 8. The van der Waals surface area contributed by atoms with Crippen LogP contribution in [0.15, 0.2) is 11.6 Å². The minimum Gasteiger partial charge on any atom is -0.374 e. The summed E-state index contributed by atoms with van der Waals surface area (Å²) >= 11 is 0. The summed E-state index contributed by atoms with van der Waals surface area (Å²) in [6.07, 6.45) is 11.7. The van der Waals surface area contributed by atoms with Gasteiger partial charge in [0.2, 0.25) is 0 Å². The van der Waals surface area contributed by atoms with Gasteiger partial charge in [-0.3, -0.25) is 0 Å². The van der Waals surface area contributed by atoms with Crippen molar-refractivity contribution >= 4 is 0 Å². The quantitative estimate of drug-likeness (QED) is 0.497. The number of piperidine rings is 1. The van der Waals surface area contributed by atoms with Crippen molar-refractivity contribution in [3.8, 4) is 0 Å². The second kappa shape index (κ2) is 7.95. The standard InChI is InChI=1S/C24H43NO/c1-7-20-12-8-9-13-21(20)23(5,14-10-11-18(2)3)26-17-24-16-25(6)15-22(24)19(24)4/h11,19-22H,7-10,12-17H2,1-6H3. The third kappa shape index (κ3) is 3.92. The molecule has 0 aromatic carbocycles. The fraction of sp³-hybridized carbons (Fsp3) is 0.917. The first-order chi connectivity index (χ1) is 12.3. The van der Waals surface area contributed by atoms with E-state index >= 15 is 0 Å². The number of hydrogen-bond acceptors (Lipinski definition) is 2. The molecular formula is C24H43NO. The van der Waals surface area contributed by atoms with Crippen LogP contribution in [-0.2, 0) is 4.74 Å². The molecule has 0 radical (unpaired) electrons. The molecule has 1 aliphatic heterocycles. The van der Waals surface area contributed by atoms with E-state index in [0.717, 1.165) is 36.7 Å². The molecule has 1 heterocycles. The Morgan fingerprint density at radius 1 is 1.27 bits per heavy atom. The number of allylic oxidation sites excluding steroid dienone is 2. The minimum atomic E-state index is 0.0514. The maximum Gasteiger partial charge on any atom is 0.0688 e. The summed E-state index contributed by atoms with van der Waals surface area (Å²) in [6.45, 7) is 15.3. The first-order valence-electron chi connectivity index (χ1n) is 11.3. The van der Waals surface area contributed by atoms with Crippen LogP contribution >= 0.6 is 0 Å². The maximum absolute atomic E-state index is 6.97. The van der Waals surface area contributed by atoms with E-state index in [4.69, 9.17) is 4.74 Å². The van der Waals surface area contributed by atoms with Gasteiger partial charge in [0.05, 0.1) is 12.2 Å². The molecule has 2 aliphatic carbocycles. The monoisotopic (exact) mass is 361 g/mol. The minimum absolute atomic E-state index is 0.0514. The molecule has 150 valence electrons. The Labute approximate surface area is 162 Å². The Balaban J connectivity index is 1.71.